The van der Waals surface area contributed by atoms with Crippen LogP contribution in [0.1, 0.15) is 12.7 Å². The molecule has 5 nitrogen and oxygen atoms in total. The van der Waals surface area contributed by atoms with Crippen molar-refractivity contribution >= 4 is 12.4 Å². The van der Waals surface area contributed by atoms with Gasteiger partial charge >= 0.3 is 0 Å². The first-order valence-electron chi connectivity index (χ1n) is 5.97. The fourth-order valence-electron chi connectivity index (χ4n) is 1.63. The van der Waals surface area contributed by atoms with Gasteiger partial charge in [0.1, 0.15) is 0 Å². The highest BCUT2D eigenvalue weighted by molar-refractivity contribution is 5.85. The van der Waals surface area contributed by atoms with Crippen molar-refractivity contribution in [1.82, 2.24) is 15.5 Å². The molecule has 0 spiro atoms. The Morgan fingerprint density at radius 3 is 2.80 bits per heavy atom. The first kappa shape index (κ1) is 16.4. The highest BCUT2D eigenvalue weighted by Gasteiger charge is 2.13. The number of ether oxygens (including phenoxy) is 1. The number of nitrogens with zero attached hydrogens (tertiary/aromatic N) is 2. The summed E-state index contributed by atoms with van der Waals surface area (Å²) in [5.74, 6) is 0.628. The topological polar surface area (TPSA) is 60.2 Å². The van der Waals surface area contributed by atoms with E-state index in [2.05, 4.69) is 15.5 Å². The molecule has 0 saturated carbocycles. The minimum atomic E-state index is -0.455. The van der Waals surface area contributed by atoms with Crippen LogP contribution in [0.5, 0.6) is 5.75 Å². The maximum absolute atomic E-state index is 13.6. The molecule has 7 heteroatoms. The van der Waals surface area contributed by atoms with E-state index in [0.29, 0.717) is 23.7 Å². The molecule has 110 valence electrons. The first-order chi connectivity index (χ1) is 9.13. The first-order valence-corrected chi connectivity index (χ1v) is 5.97. The lowest BCUT2D eigenvalue weighted by Gasteiger charge is -2.04. The number of hydrogen-bond acceptors (Lipinski definition) is 5. The molecule has 0 aliphatic heterocycles. The fraction of sp³-hybridized carbons (Fsp3) is 0.385. The molecular formula is C13H17ClFN3O2. The van der Waals surface area contributed by atoms with Crippen LogP contribution in [-0.4, -0.2) is 30.3 Å². The van der Waals surface area contributed by atoms with Gasteiger partial charge in [-0.3, -0.25) is 0 Å². The van der Waals surface area contributed by atoms with Gasteiger partial charge in [-0.15, -0.1) is 12.4 Å². The molecule has 2 aromatic rings. The summed E-state index contributed by atoms with van der Waals surface area (Å²) in [5.41, 5.74) is 0.536. The molecule has 0 saturated heterocycles. The molecule has 0 aliphatic carbocycles. The van der Waals surface area contributed by atoms with Gasteiger partial charge in [0.15, 0.2) is 17.4 Å². The second-order valence-corrected chi connectivity index (χ2v) is 4.26. The van der Waals surface area contributed by atoms with Crippen LogP contribution >= 0.6 is 12.4 Å². The fourth-order valence-corrected chi connectivity index (χ4v) is 1.63. The number of aromatic nitrogens is 2. The van der Waals surface area contributed by atoms with Crippen molar-refractivity contribution in [3.05, 3.63) is 29.8 Å². The molecule has 1 heterocycles. The zero-order chi connectivity index (χ0) is 13.8. The average Bonchev–Trinajstić information content (AvgIpc) is 2.87. The highest BCUT2D eigenvalue weighted by atomic mass is 35.5. The van der Waals surface area contributed by atoms with E-state index in [-0.39, 0.29) is 24.2 Å². The quantitative estimate of drug-likeness (QED) is 0.919. The molecule has 0 bridgehead atoms. The van der Waals surface area contributed by atoms with Crippen LogP contribution in [0, 0.1) is 5.82 Å². The van der Waals surface area contributed by atoms with Gasteiger partial charge in [0.25, 0.3) is 5.89 Å². The van der Waals surface area contributed by atoms with Crippen molar-refractivity contribution < 1.29 is 13.7 Å². The minimum Gasteiger partial charge on any atom is -0.494 e. The smallest absolute Gasteiger partial charge is 0.258 e. The van der Waals surface area contributed by atoms with Crippen molar-refractivity contribution in [2.45, 2.75) is 19.4 Å². The number of rotatable bonds is 5. The van der Waals surface area contributed by atoms with Crippen molar-refractivity contribution in [3.8, 4) is 17.2 Å². The molecular weight excluding hydrogens is 285 g/mol. The zero-order valence-corrected chi connectivity index (χ0v) is 12.3. The summed E-state index contributed by atoms with van der Waals surface area (Å²) < 4.78 is 23.6. The van der Waals surface area contributed by atoms with E-state index in [1.54, 1.807) is 6.07 Å². The van der Waals surface area contributed by atoms with Crippen molar-refractivity contribution in [2.24, 2.45) is 0 Å². The molecule has 1 aromatic carbocycles. The van der Waals surface area contributed by atoms with Crippen LogP contribution in [0.3, 0.4) is 0 Å². The van der Waals surface area contributed by atoms with Gasteiger partial charge in [0.2, 0.25) is 0 Å². The number of methoxy groups -OCH3 is 1. The van der Waals surface area contributed by atoms with E-state index in [4.69, 9.17) is 9.26 Å². The molecule has 2 rings (SSSR count). The number of halogens is 2. The van der Waals surface area contributed by atoms with Crippen LogP contribution in [0.4, 0.5) is 4.39 Å². The average molecular weight is 302 g/mol. The second-order valence-electron chi connectivity index (χ2n) is 4.26. The Kier molecular flexibility index (Phi) is 5.91. The predicted octanol–water partition coefficient (Wildman–Crippen LogP) is 2.46. The Morgan fingerprint density at radius 2 is 2.20 bits per heavy atom. The number of hydrogen-bond donors (Lipinski definition) is 1. The Hall–Kier alpha value is -1.66. The molecule has 1 N–H and O–H groups in total. The maximum atomic E-state index is 13.6. The van der Waals surface area contributed by atoms with E-state index in [1.807, 2.05) is 14.0 Å². The lowest BCUT2D eigenvalue weighted by Crippen LogP contribution is -2.24. The Labute approximate surface area is 122 Å². The molecule has 1 unspecified atom stereocenters. The Bertz CT molecular complexity index is 562. The molecule has 1 aromatic heterocycles. The molecule has 0 aliphatic rings. The SMILES string of the molecule is CNC(C)Cc1noc(-c2ccc(OC)c(F)c2)n1.Cl. The van der Waals surface area contributed by atoms with Gasteiger partial charge in [0.05, 0.1) is 7.11 Å². The summed E-state index contributed by atoms with van der Waals surface area (Å²) in [4.78, 5) is 4.24. The van der Waals surface area contributed by atoms with Crippen molar-refractivity contribution in [3.63, 3.8) is 0 Å². The number of benzene rings is 1. The lowest BCUT2D eigenvalue weighted by molar-refractivity contribution is 0.386. The third-order valence-corrected chi connectivity index (χ3v) is 2.85. The zero-order valence-electron chi connectivity index (χ0n) is 11.5. The highest BCUT2D eigenvalue weighted by Crippen LogP contribution is 2.24. The van der Waals surface area contributed by atoms with Gasteiger partial charge in [-0.2, -0.15) is 4.98 Å². The lowest BCUT2D eigenvalue weighted by atomic mass is 10.2. The van der Waals surface area contributed by atoms with Gasteiger partial charge in [-0.1, -0.05) is 5.16 Å². The standard InChI is InChI=1S/C13H16FN3O2.ClH/c1-8(15-2)6-12-16-13(19-17-12)9-4-5-11(18-3)10(14)7-9;/h4-5,7-8,15H,6H2,1-3H3;1H. The third-order valence-electron chi connectivity index (χ3n) is 2.85. The van der Waals surface area contributed by atoms with Crippen molar-refractivity contribution in [1.29, 1.82) is 0 Å². The van der Waals surface area contributed by atoms with Gasteiger partial charge in [-0.25, -0.2) is 4.39 Å². The van der Waals surface area contributed by atoms with Crippen LogP contribution < -0.4 is 10.1 Å². The second kappa shape index (κ2) is 7.21. The van der Waals surface area contributed by atoms with E-state index < -0.39 is 5.82 Å². The summed E-state index contributed by atoms with van der Waals surface area (Å²) in [5, 5.41) is 6.96. The van der Waals surface area contributed by atoms with Crippen LogP contribution in [0.2, 0.25) is 0 Å². The molecule has 0 radical (unpaired) electrons. The van der Waals surface area contributed by atoms with E-state index >= 15 is 0 Å². The largest absolute Gasteiger partial charge is 0.494 e. The maximum Gasteiger partial charge on any atom is 0.258 e. The summed E-state index contributed by atoms with van der Waals surface area (Å²) in [6.45, 7) is 2.02. The predicted molar refractivity (Wildman–Crippen MR) is 75.7 cm³/mol. The molecule has 0 amide bonds. The third kappa shape index (κ3) is 3.68. The van der Waals surface area contributed by atoms with Crippen molar-refractivity contribution in [2.75, 3.05) is 14.2 Å². The van der Waals surface area contributed by atoms with Crippen LogP contribution in [0.15, 0.2) is 22.7 Å². The molecule has 1 atom stereocenters. The monoisotopic (exact) mass is 301 g/mol. The minimum absolute atomic E-state index is 0. The number of likely N-dealkylation sites (N-methyl/N-ethyl adjacent to an activating group) is 1. The molecule has 20 heavy (non-hydrogen) atoms. The molecule has 0 fully saturated rings. The summed E-state index contributed by atoms with van der Waals surface area (Å²) >= 11 is 0. The van der Waals surface area contributed by atoms with E-state index in [0.717, 1.165) is 0 Å². The van der Waals surface area contributed by atoms with Gasteiger partial charge in [-0.05, 0) is 32.2 Å². The Morgan fingerprint density at radius 1 is 1.45 bits per heavy atom. The van der Waals surface area contributed by atoms with Crippen LogP contribution in [0.25, 0.3) is 11.5 Å². The van der Waals surface area contributed by atoms with Gasteiger partial charge < -0.3 is 14.6 Å². The van der Waals surface area contributed by atoms with Gasteiger partial charge in [0, 0.05) is 18.0 Å². The number of nitrogens with one attached hydrogen (secondary N) is 1. The Balaban J connectivity index is 0.00000200. The van der Waals surface area contributed by atoms with E-state index in [9.17, 15) is 4.39 Å². The normalized spacial score (nSPS) is 11.8. The van der Waals surface area contributed by atoms with E-state index in [1.165, 1.54) is 19.2 Å². The van der Waals surface area contributed by atoms with Crippen LogP contribution in [-0.2, 0) is 6.42 Å². The summed E-state index contributed by atoms with van der Waals surface area (Å²) in [7, 11) is 3.28. The summed E-state index contributed by atoms with van der Waals surface area (Å²) in [6.07, 6.45) is 0.651. The summed E-state index contributed by atoms with van der Waals surface area (Å²) in [6, 6.07) is 4.78.